The molecule has 27 heavy (non-hydrogen) atoms. The molecule has 2 aromatic heterocycles. The zero-order chi connectivity index (χ0) is 20.0. The Balaban J connectivity index is 2.06. The van der Waals surface area contributed by atoms with Crippen molar-refractivity contribution in [1.82, 2.24) is 19.9 Å². The molecule has 2 N–H and O–H groups in total. The van der Waals surface area contributed by atoms with Gasteiger partial charge in [0, 0.05) is 5.69 Å². The molecule has 3 aromatic rings. The first-order chi connectivity index (χ1) is 12.5. The number of rotatable bonds is 3. The van der Waals surface area contributed by atoms with Gasteiger partial charge in [-0.1, -0.05) is 6.07 Å². The lowest BCUT2D eigenvalue weighted by atomic mass is 10.1. The number of hydrogen-bond acceptors (Lipinski definition) is 5. The SMILES string of the molecule is COc1nc2[nH]c(C(F)(F)F)nc2nc1Nc1cc(C(F)(F)F)ccc1C. The van der Waals surface area contributed by atoms with E-state index in [1.165, 1.54) is 13.2 Å². The number of nitrogens with one attached hydrogen (secondary N) is 2. The highest BCUT2D eigenvalue weighted by Gasteiger charge is 2.35. The molecule has 0 saturated carbocycles. The lowest BCUT2D eigenvalue weighted by molar-refractivity contribution is -0.144. The minimum Gasteiger partial charge on any atom is -0.478 e. The number of aromatic nitrogens is 4. The Morgan fingerprint density at radius 3 is 2.30 bits per heavy atom. The van der Waals surface area contributed by atoms with E-state index in [1.54, 1.807) is 6.92 Å². The standard InChI is InChI=1S/C15H11F6N5O/c1-6-3-4-7(14(16,17)18)5-8(6)22-11-12(27-2)24-10-9(23-11)25-13(26-10)15(19,20)21/h3-5H,1-2H3,(H2,22,23,24,25,26). The van der Waals surface area contributed by atoms with Crippen LogP contribution in [0.25, 0.3) is 11.3 Å². The van der Waals surface area contributed by atoms with Gasteiger partial charge in [0.1, 0.15) is 0 Å². The van der Waals surface area contributed by atoms with E-state index in [0.717, 1.165) is 12.1 Å². The fraction of sp³-hybridized carbons (Fsp3) is 0.267. The lowest BCUT2D eigenvalue weighted by Gasteiger charge is -2.14. The van der Waals surface area contributed by atoms with Crippen LogP contribution in [0.2, 0.25) is 0 Å². The van der Waals surface area contributed by atoms with Crippen LogP contribution in [0.1, 0.15) is 17.0 Å². The van der Waals surface area contributed by atoms with Gasteiger partial charge in [0.2, 0.25) is 5.82 Å². The van der Waals surface area contributed by atoms with Crippen LogP contribution in [-0.2, 0) is 12.4 Å². The van der Waals surface area contributed by atoms with E-state index in [0.29, 0.717) is 5.56 Å². The number of hydrogen-bond donors (Lipinski definition) is 2. The fourth-order valence-electron chi connectivity index (χ4n) is 2.24. The van der Waals surface area contributed by atoms with Crippen LogP contribution in [-0.4, -0.2) is 27.0 Å². The number of halogens is 6. The summed E-state index contributed by atoms with van der Waals surface area (Å²) in [6.45, 7) is 1.55. The molecule has 12 heteroatoms. The molecule has 0 atom stereocenters. The molecular weight excluding hydrogens is 380 g/mol. The Kier molecular flexibility index (Phi) is 4.36. The van der Waals surface area contributed by atoms with Gasteiger partial charge in [0.15, 0.2) is 17.1 Å². The number of ether oxygens (including phenoxy) is 1. The Morgan fingerprint density at radius 1 is 1.00 bits per heavy atom. The van der Waals surface area contributed by atoms with Crippen molar-refractivity contribution in [2.45, 2.75) is 19.3 Å². The fourth-order valence-corrected chi connectivity index (χ4v) is 2.24. The molecule has 6 nitrogen and oxygen atoms in total. The molecule has 0 spiro atoms. The minimum atomic E-state index is -4.74. The average molecular weight is 391 g/mol. The number of H-pyrrole nitrogens is 1. The Bertz CT molecular complexity index is 995. The number of imidazole rings is 1. The molecule has 0 aliphatic carbocycles. The highest BCUT2D eigenvalue weighted by atomic mass is 19.4. The largest absolute Gasteiger partial charge is 0.478 e. The minimum absolute atomic E-state index is 0.0448. The molecule has 144 valence electrons. The summed E-state index contributed by atoms with van der Waals surface area (Å²) in [5.74, 6) is -1.68. The zero-order valence-electron chi connectivity index (χ0n) is 13.7. The third-order valence-corrected chi connectivity index (χ3v) is 3.58. The first-order valence-electron chi connectivity index (χ1n) is 7.33. The number of fused-ring (bicyclic) bond motifs is 1. The molecule has 0 bridgehead atoms. The van der Waals surface area contributed by atoms with Crippen molar-refractivity contribution in [2.75, 3.05) is 12.4 Å². The average Bonchev–Trinajstić information content (AvgIpc) is 2.98. The second-order valence-electron chi connectivity index (χ2n) is 5.49. The number of alkyl halides is 6. The van der Waals surface area contributed by atoms with Crippen LogP contribution in [0.15, 0.2) is 18.2 Å². The van der Waals surface area contributed by atoms with Crippen LogP contribution >= 0.6 is 0 Å². The molecule has 0 amide bonds. The second-order valence-corrected chi connectivity index (χ2v) is 5.49. The third-order valence-electron chi connectivity index (χ3n) is 3.58. The highest BCUT2D eigenvalue weighted by Crippen LogP contribution is 2.35. The van der Waals surface area contributed by atoms with Gasteiger partial charge in [0.25, 0.3) is 5.88 Å². The van der Waals surface area contributed by atoms with Gasteiger partial charge >= 0.3 is 12.4 Å². The van der Waals surface area contributed by atoms with Gasteiger partial charge in [-0.25, -0.2) is 9.97 Å². The predicted octanol–water partition coefficient (Wildman–Crippen LogP) is 4.45. The molecule has 2 heterocycles. The topological polar surface area (TPSA) is 75.7 Å². The van der Waals surface area contributed by atoms with Gasteiger partial charge in [-0.3, -0.25) is 0 Å². The predicted molar refractivity (Wildman–Crippen MR) is 82.7 cm³/mol. The summed E-state index contributed by atoms with van der Waals surface area (Å²) in [6, 6.07) is 3.02. The van der Waals surface area contributed by atoms with Gasteiger partial charge < -0.3 is 15.0 Å². The van der Waals surface area contributed by atoms with Crippen molar-refractivity contribution in [3.63, 3.8) is 0 Å². The van der Waals surface area contributed by atoms with Crippen LogP contribution in [0.4, 0.5) is 37.8 Å². The van der Waals surface area contributed by atoms with Crippen LogP contribution in [0.5, 0.6) is 5.88 Å². The second kappa shape index (κ2) is 6.28. The Morgan fingerprint density at radius 2 is 1.70 bits per heavy atom. The maximum absolute atomic E-state index is 12.9. The number of benzene rings is 1. The molecule has 3 rings (SSSR count). The number of nitrogens with zero attached hydrogens (tertiary/aromatic N) is 3. The lowest BCUT2D eigenvalue weighted by Crippen LogP contribution is -2.07. The number of aryl methyl sites for hydroxylation is 1. The summed E-state index contributed by atoms with van der Waals surface area (Å²) in [7, 11) is 1.20. The highest BCUT2D eigenvalue weighted by molar-refractivity contribution is 5.73. The molecular formula is C15H11F6N5O. The molecule has 0 aliphatic rings. The summed E-state index contributed by atoms with van der Waals surface area (Å²) in [6.07, 6.45) is -9.30. The van der Waals surface area contributed by atoms with Gasteiger partial charge in [-0.2, -0.15) is 31.3 Å². The van der Waals surface area contributed by atoms with Crippen LogP contribution in [0.3, 0.4) is 0 Å². The smallest absolute Gasteiger partial charge is 0.449 e. The maximum atomic E-state index is 12.9. The first-order valence-corrected chi connectivity index (χ1v) is 7.33. The van der Waals surface area contributed by atoms with E-state index in [1.807, 2.05) is 4.98 Å². The summed E-state index contributed by atoms with van der Waals surface area (Å²) in [5, 5.41) is 2.61. The Labute approximate surface area is 147 Å². The zero-order valence-corrected chi connectivity index (χ0v) is 13.7. The molecule has 0 radical (unpaired) electrons. The van der Waals surface area contributed by atoms with E-state index >= 15 is 0 Å². The summed E-state index contributed by atoms with van der Waals surface area (Å²) in [4.78, 5) is 13.0. The van der Waals surface area contributed by atoms with E-state index in [-0.39, 0.29) is 28.7 Å². The molecule has 0 fully saturated rings. The van der Waals surface area contributed by atoms with Gasteiger partial charge in [-0.05, 0) is 24.6 Å². The van der Waals surface area contributed by atoms with Crippen molar-refractivity contribution in [2.24, 2.45) is 0 Å². The summed E-state index contributed by atoms with van der Waals surface area (Å²) in [5.41, 5.74) is -1.04. The number of anilines is 2. The van der Waals surface area contributed by atoms with E-state index in [4.69, 9.17) is 4.74 Å². The van der Waals surface area contributed by atoms with Crippen molar-refractivity contribution in [3.05, 3.63) is 35.2 Å². The van der Waals surface area contributed by atoms with E-state index < -0.39 is 23.7 Å². The van der Waals surface area contributed by atoms with Crippen LogP contribution in [0, 0.1) is 6.92 Å². The number of methoxy groups -OCH3 is 1. The van der Waals surface area contributed by atoms with Crippen molar-refractivity contribution >= 4 is 22.8 Å². The van der Waals surface area contributed by atoms with Crippen molar-refractivity contribution < 1.29 is 31.1 Å². The van der Waals surface area contributed by atoms with Gasteiger partial charge in [0.05, 0.1) is 12.7 Å². The quantitative estimate of drug-likeness (QED) is 0.645. The molecule has 0 saturated heterocycles. The molecule has 1 aromatic carbocycles. The third kappa shape index (κ3) is 3.73. The Hall–Kier alpha value is -3.05. The van der Waals surface area contributed by atoms with Crippen molar-refractivity contribution in [3.8, 4) is 5.88 Å². The van der Waals surface area contributed by atoms with Crippen molar-refractivity contribution in [1.29, 1.82) is 0 Å². The number of aromatic amines is 1. The molecule has 0 unspecified atom stereocenters. The van der Waals surface area contributed by atoms with Crippen LogP contribution < -0.4 is 10.1 Å². The monoisotopic (exact) mass is 391 g/mol. The normalized spacial score (nSPS) is 12.4. The maximum Gasteiger partial charge on any atom is 0.449 e. The van der Waals surface area contributed by atoms with Gasteiger partial charge in [-0.15, -0.1) is 0 Å². The van der Waals surface area contributed by atoms with E-state index in [2.05, 4.69) is 20.3 Å². The summed E-state index contributed by atoms with van der Waals surface area (Å²) < 4.78 is 82.0. The van der Waals surface area contributed by atoms with E-state index in [9.17, 15) is 26.3 Å². The molecule has 0 aliphatic heterocycles. The summed E-state index contributed by atoms with van der Waals surface area (Å²) >= 11 is 0. The first kappa shape index (κ1) is 18.7.